The van der Waals surface area contributed by atoms with Gasteiger partial charge in [0.1, 0.15) is 11.4 Å². The second kappa shape index (κ2) is 11.2. The number of anilines is 1. The van der Waals surface area contributed by atoms with Crippen LogP contribution in [0.5, 0.6) is 0 Å². The van der Waals surface area contributed by atoms with Gasteiger partial charge in [-0.25, -0.2) is 13.8 Å². The fourth-order valence-electron chi connectivity index (χ4n) is 3.24. The molecule has 1 aliphatic rings. The number of hydrogen-bond acceptors (Lipinski definition) is 7. The van der Waals surface area contributed by atoms with Crippen molar-refractivity contribution < 1.29 is 27.9 Å². The fraction of sp³-hybridized carbons (Fsp3) is 0.227. The standard InChI is InChI=1S/C22H20ClF2N7O4/c23-14-9-16(25)15(24)8-13(14)20(33)28-19-10-18(29-30-19)21(34)27-11-12-1-2-26-17(7-12)22(35)31-32-3-5-36-6-4-32/h1-2,7-10H,3-6,11H2,(H,27,34)(H,31,35)(H2,28,29,30,33). The van der Waals surface area contributed by atoms with Gasteiger partial charge in [-0.2, -0.15) is 5.10 Å². The number of carbonyl (C=O) groups is 3. The first-order valence-electron chi connectivity index (χ1n) is 10.7. The number of rotatable bonds is 7. The van der Waals surface area contributed by atoms with Gasteiger partial charge in [0.2, 0.25) is 0 Å². The number of H-pyrrole nitrogens is 1. The summed E-state index contributed by atoms with van der Waals surface area (Å²) in [5.41, 5.74) is 3.32. The Labute approximate surface area is 208 Å². The zero-order chi connectivity index (χ0) is 25.7. The Hall–Kier alpha value is -3.94. The number of ether oxygens (including phenoxy) is 1. The third-order valence-corrected chi connectivity index (χ3v) is 5.41. The molecule has 14 heteroatoms. The second-order valence-corrected chi connectivity index (χ2v) is 8.05. The minimum absolute atomic E-state index is 0.0287. The molecule has 188 valence electrons. The van der Waals surface area contributed by atoms with Crippen LogP contribution < -0.4 is 16.1 Å². The van der Waals surface area contributed by atoms with Crippen LogP contribution in [0.2, 0.25) is 5.02 Å². The molecule has 4 N–H and O–H groups in total. The molecule has 0 bridgehead atoms. The lowest BCUT2D eigenvalue weighted by atomic mass is 10.2. The number of aromatic nitrogens is 3. The predicted octanol–water partition coefficient (Wildman–Crippen LogP) is 1.90. The summed E-state index contributed by atoms with van der Waals surface area (Å²) in [7, 11) is 0. The quantitative estimate of drug-likeness (QED) is 0.349. The van der Waals surface area contributed by atoms with E-state index in [9.17, 15) is 23.2 Å². The minimum Gasteiger partial charge on any atom is -0.379 e. The van der Waals surface area contributed by atoms with Crippen LogP contribution >= 0.6 is 11.6 Å². The molecule has 0 atom stereocenters. The number of hydrazine groups is 1. The lowest BCUT2D eigenvalue weighted by Gasteiger charge is -2.26. The number of halogens is 3. The summed E-state index contributed by atoms with van der Waals surface area (Å²) in [4.78, 5) is 41.3. The van der Waals surface area contributed by atoms with Crippen molar-refractivity contribution in [1.29, 1.82) is 0 Å². The Balaban J connectivity index is 1.32. The molecule has 4 rings (SSSR count). The molecule has 36 heavy (non-hydrogen) atoms. The minimum atomic E-state index is -1.23. The molecule has 1 fully saturated rings. The number of hydrogen-bond donors (Lipinski definition) is 4. The Morgan fingerprint density at radius 3 is 2.58 bits per heavy atom. The topological polar surface area (TPSA) is 141 Å². The number of pyridine rings is 1. The summed E-state index contributed by atoms with van der Waals surface area (Å²) in [6.45, 7) is 2.28. The van der Waals surface area contributed by atoms with Gasteiger partial charge in [-0.3, -0.25) is 29.9 Å². The van der Waals surface area contributed by atoms with Crippen LogP contribution in [-0.4, -0.2) is 64.2 Å². The van der Waals surface area contributed by atoms with Crippen LogP contribution in [-0.2, 0) is 11.3 Å². The van der Waals surface area contributed by atoms with E-state index in [0.29, 0.717) is 44.0 Å². The van der Waals surface area contributed by atoms with Gasteiger partial charge < -0.3 is 15.4 Å². The molecule has 1 saturated heterocycles. The number of benzene rings is 1. The van der Waals surface area contributed by atoms with Gasteiger partial charge in [0, 0.05) is 31.9 Å². The van der Waals surface area contributed by atoms with E-state index in [1.54, 1.807) is 17.1 Å². The molecule has 0 unspecified atom stereocenters. The molecule has 0 aliphatic carbocycles. The highest BCUT2D eigenvalue weighted by Crippen LogP contribution is 2.21. The third-order valence-electron chi connectivity index (χ3n) is 5.10. The fourth-order valence-corrected chi connectivity index (χ4v) is 3.48. The SMILES string of the molecule is O=C(NN1CCOCC1)c1cc(CNC(=O)c2cc(NC(=O)c3cc(F)c(F)cc3Cl)n[nH]2)ccn1. The van der Waals surface area contributed by atoms with Crippen molar-refractivity contribution in [3.05, 3.63) is 75.7 Å². The van der Waals surface area contributed by atoms with Crippen LogP contribution in [0.3, 0.4) is 0 Å². The van der Waals surface area contributed by atoms with E-state index in [4.69, 9.17) is 16.3 Å². The van der Waals surface area contributed by atoms with Crippen molar-refractivity contribution in [2.45, 2.75) is 6.54 Å². The Kier molecular flexibility index (Phi) is 7.83. The number of morpholine rings is 1. The van der Waals surface area contributed by atoms with Crippen molar-refractivity contribution in [2.24, 2.45) is 0 Å². The van der Waals surface area contributed by atoms with Crippen LogP contribution in [0.1, 0.15) is 36.9 Å². The van der Waals surface area contributed by atoms with Crippen molar-refractivity contribution in [2.75, 3.05) is 31.6 Å². The molecule has 3 amide bonds. The van der Waals surface area contributed by atoms with Crippen molar-refractivity contribution >= 4 is 35.1 Å². The maximum Gasteiger partial charge on any atom is 0.284 e. The number of amides is 3. The lowest BCUT2D eigenvalue weighted by molar-refractivity contribution is 0.0124. The zero-order valence-corrected chi connectivity index (χ0v) is 19.4. The normalized spacial score (nSPS) is 13.8. The molecule has 2 aromatic heterocycles. The summed E-state index contributed by atoms with van der Waals surface area (Å²) in [5, 5.41) is 12.8. The van der Waals surface area contributed by atoms with Crippen LogP contribution in [0, 0.1) is 11.6 Å². The third kappa shape index (κ3) is 6.19. The average molecular weight is 520 g/mol. The van der Waals surface area contributed by atoms with E-state index in [-0.39, 0.29) is 40.2 Å². The van der Waals surface area contributed by atoms with E-state index in [1.807, 2.05) is 0 Å². The zero-order valence-electron chi connectivity index (χ0n) is 18.6. The van der Waals surface area contributed by atoms with E-state index in [1.165, 1.54) is 12.3 Å². The Morgan fingerprint density at radius 1 is 1.06 bits per heavy atom. The first-order valence-corrected chi connectivity index (χ1v) is 11.1. The first kappa shape index (κ1) is 25.2. The largest absolute Gasteiger partial charge is 0.379 e. The molecule has 0 spiro atoms. The average Bonchev–Trinajstić information content (AvgIpc) is 3.34. The summed E-state index contributed by atoms with van der Waals surface area (Å²) in [6.07, 6.45) is 1.46. The molecule has 0 saturated carbocycles. The Morgan fingerprint density at radius 2 is 1.81 bits per heavy atom. The number of nitrogens with zero attached hydrogens (tertiary/aromatic N) is 3. The highest BCUT2D eigenvalue weighted by molar-refractivity contribution is 6.34. The predicted molar refractivity (Wildman–Crippen MR) is 123 cm³/mol. The lowest BCUT2D eigenvalue weighted by Crippen LogP contribution is -2.48. The highest BCUT2D eigenvalue weighted by Gasteiger charge is 2.18. The number of carbonyl (C=O) groups excluding carboxylic acids is 3. The molecular formula is C22H20ClF2N7O4. The van der Waals surface area contributed by atoms with Gasteiger partial charge in [0.15, 0.2) is 17.5 Å². The van der Waals surface area contributed by atoms with Crippen LogP contribution in [0.25, 0.3) is 0 Å². The van der Waals surface area contributed by atoms with Gasteiger partial charge in [0.25, 0.3) is 17.7 Å². The van der Waals surface area contributed by atoms with Crippen molar-refractivity contribution in [3.8, 4) is 0 Å². The smallest absolute Gasteiger partial charge is 0.284 e. The van der Waals surface area contributed by atoms with E-state index in [0.717, 1.165) is 0 Å². The molecule has 1 aromatic carbocycles. The van der Waals surface area contributed by atoms with E-state index < -0.39 is 23.4 Å². The molecule has 3 aromatic rings. The molecule has 11 nitrogen and oxygen atoms in total. The van der Waals surface area contributed by atoms with Gasteiger partial charge >= 0.3 is 0 Å². The van der Waals surface area contributed by atoms with Gasteiger partial charge in [0.05, 0.1) is 23.8 Å². The van der Waals surface area contributed by atoms with Crippen LogP contribution in [0.4, 0.5) is 14.6 Å². The van der Waals surface area contributed by atoms with Gasteiger partial charge in [-0.05, 0) is 29.8 Å². The monoisotopic (exact) mass is 519 g/mol. The Bertz CT molecular complexity index is 1300. The van der Waals surface area contributed by atoms with E-state index >= 15 is 0 Å². The second-order valence-electron chi connectivity index (χ2n) is 7.64. The summed E-state index contributed by atoms with van der Waals surface area (Å²) >= 11 is 5.80. The number of aromatic amines is 1. The van der Waals surface area contributed by atoms with Crippen molar-refractivity contribution in [3.63, 3.8) is 0 Å². The van der Waals surface area contributed by atoms with Crippen molar-refractivity contribution in [1.82, 2.24) is 30.9 Å². The first-order chi connectivity index (χ1) is 17.3. The molecule has 3 heterocycles. The maximum atomic E-state index is 13.4. The summed E-state index contributed by atoms with van der Waals surface area (Å²) in [6, 6.07) is 5.81. The van der Waals surface area contributed by atoms with Gasteiger partial charge in [-0.15, -0.1) is 0 Å². The number of nitrogens with one attached hydrogen (secondary N) is 4. The highest BCUT2D eigenvalue weighted by atomic mass is 35.5. The molecule has 1 aliphatic heterocycles. The maximum absolute atomic E-state index is 13.4. The van der Waals surface area contributed by atoms with Crippen LogP contribution in [0.15, 0.2) is 36.5 Å². The molecular weight excluding hydrogens is 500 g/mol. The molecule has 0 radical (unpaired) electrons. The summed E-state index contributed by atoms with van der Waals surface area (Å²) in [5.74, 6) is -4.20. The van der Waals surface area contributed by atoms with E-state index in [2.05, 4.69) is 31.2 Å². The van der Waals surface area contributed by atoms with Gasteiger partial charge in [-0.1, -0.05) is 11.6 Å². The summed E-state index contributed by atoms with van der Waals surface area (Å²) < 4.78 is 31.9.